The molecule has 0 saturated heterocycles. The lowest BCUT2D eigenvalue weighted by atomic mass is 10.1. The standard InChI is InChI=1S/C11H15BrN4O2/c1-6-8(11(18-4)16(3)14-6)10(17)9-7(12)5-13-15(9)2/h5,10,17H,1-4H3. The van der Waals surface area contributed by atoms with Gasteiger partial charge in [-0.15, -0.1) is 0 Å². The van der Waals surface area contributed by atoms with Crippen LogP contribution in [-0.4, -0.2) is 31.8 Å². The van der Waals surface area contributed by atoms with Crippen molar-refractivity contribution in [3.05, 3.63) is 27.6 Å². The molecule has 18 heavy (non-hydrogen) atoms. The molecule has 0 saturated carbocycles. The summed E-state index contributed by atoms with van der Waals surface area (Å²) in [5, 5.41) is 18.9. The number of hydrogen-bond acceptors (Lipinski definition) is 4. The fourth-order valence-corrected chi connectivity index (χ4v) is 2.64. The SMILES string of the molecule is COc1c(C(O)c2c(Br)cnn2C)c(C)nn1C. The Morgan fingerprint density at radius 2 is 2.06 bits per heavy atom. The number of aliphatic hydroxyl groups excluding tert-OH is 1. The lowest BCUT2D eigenvalue weighted by Crippen LogP contribution is -2.09. The molecule has 2 aromatic rings. The van der Waals surface area contributed by atoms with Crippen molar-refractivity contribution in [1.82, 2.24) is 19.6 Å². The predicted molar refractivity (Wildman–Crippen MR) is 69.5 cm³/mol. The molecule has 98 valence electrons. The molecular formula is C11H15BrN4O2. The Morgan fingerprint density at radius 1 is 1.39 bits per heavy atom. The fourth-order valence-electron chi connectivity index (χ4n) is 2.07. The zero-order valence-electron chi connectivity index (χ0n) is 10.7. The number of nitrogens with zero attached hydrogens (tertiary/aromatic N) is 4. The van der Waals surface area contributed by atoms with Crippen molar-refractivity contribution in [2.45, 2.75) is 13.0 Å². The molecular weight excluding hydrogens is 300 g/mol. The van der Waals surface area contributed by atoms with E-state index in [1.165, 1.54) is 0 Å². The third-order valence-corrected chi connectivity index (χ3v) is 3.49. The van der Waals surface area contributed by atoms with Gasteiger partial charge in [-0.25, -0.2) is 4.68 Å². The topological polar surface area (TPSA) is 65.1 Å². The van der Waals surface area contributed by atoms with E-state index < -0.39 is 6.10 Å². The number of ether oxygens (including phenoxy) is 1. The van der Waals surface area contributed by atoms with E-state index in [9.17, 15) is 5.11 Å². The first-order chi connectivity index (χ1) is 8.47. The van der Waals surface area contributed by atoms with Crippen LogP contribution in [0.25, 0.3) is 0 Å². The molecule has 1 N–H and O–H groups in total. The van der Waals surface area contributed by atoms with E-state index in [1.54, 1.807) is 36.8 Å². The fraction of sp³-hybridized carbons (Fsp3) is 0.455. The van der Waals surface area contributed by atoms with Crippen LogP contribution in [0, 0.1) is 6.92 Å². The molecule has 0 aliphatic rings. The molecule has 2 rings (SSSR count). The molecule has 0 bridgehead atoms. The third-order valence-electron chi connectivity index (χ3n) is 2.88. The first kappa shape index (κ1) is 13.1. The Kier molecular flexibility index (Phi) is 3.45. The molecule has 1 unspecified atom stereocenters. The van der Waals surface area contributed by atoms with Gasteiger partial charge in [0, 0.05) is 14.1 Å². The van der Waals surface area contributed by atoms with Gasteiger partial charge in [-0.2, -0.15) is 10.2 Å². The summed E-state index contributed by atoms with van der Waals surface area (Å²) in [6.07, 6.45) is 0.812. The van der Waals surface area contributed by atoms with Crippen LogP contribution in [0.15, 0.2) is 10.7 Å². The van der Waals surface area contributed by atoms with Crippen molar-refractivity contribution in [3.63, 3.8) is 0 Å². The number of hydrogen-bond donors (Lipinski definition) is 1. The quantitative estimate of drug-likeness (QED) is 0.928. The summed E-state index contributed by atoms with van der Waals surface area (Å²) in [6.45, 7) is 1.84. The van der Waals surface area contributed by atoms with E-state index in [-0.39, 0.29) is 0 Å². The summed E-state index contributed by atoms with van der Waals surface area (Å²) < 4.78 is 9.28. The van der Waals surface area contributed by atoms with E-state index in [1.807, 2.05) is 6.92 Å². The Balaban J connectivity index is 2.56. The molecule has 0 aliphatic carbocycles. The molecule has 0 spiro atoms. The largest absolute Gasteiger partial charge is 0.481 e. The summed E-state index contributed by atoms with van der Waals surface area (Å²) in [5.41, 5.74) is 2.06. The predicted octanol–water partition coefficient (Wildman–Crippen LogP) is 1.31. The van der Waals surface area contributed by atoms with Crippen LogP contribution in [0.4, 0.5) is 0 Å². The molecule has 2 heterocycles. The molecule has 0 aliphatic heterocycles. The number of aromatic nitrogens is 4. The molecule has 2 aromatic heterocycles. The Hall–Kier alpha value is -1.34. The van der Waals surface area contributed by atoms with Gasteiger partial charge in [0.05, 0.1) is 34.7 Å². The van der Waals surface area contributed by atoms with Crippen LogP contribution in [0.2, 0.25) is 0 Å². The van der Waals surface area contributed by atoms with Crippen LogP contribution < -0.4 is 4.74 Å². The molecule has 1 atom stereocenters. The van der Waals surface area contributed by atoms with Gasteiger partial charge in [0.2, 0.25) is 5.88 Å². The highest BCUT2D eigenvalue weighted by atomic mass is 79.9. The van der Waals surface area contributed by atoms with Crippen LogP contribution in [-0.2, 0) is 14.1 Å². The monoisotopic (exact) mass is 314 g/mol. The summed E-state index contributed by atoms with van der Waals surface area (Å²) in [6, 6.07) is 0. The zero-order valence-corrected chi connectivity index (χ0v) is 12.3. The van der Waals surface area contributed by atoms with Gasteiger partial charge in [0.25, 0.3) is 0 Å². The second-order valence-electron chi connectivity index (χ2n) is 4.04. The molecule has 7 heteroatoms. The van der Waals surface area contributed by atoms with E-state index in [0.717, 1.165) is 10.2 Å². The minimum Gasteiger partial charge on any atom is -0.481 e. The highest BCUT2D eigenvalue weighted by molar-refractivity contribution is 9.10. The first-order valence-corrected chi connectivity index (χ1v) is 6.19. The van der Waals surface area contributed by atoms with Crippen LogP contribution >= 0.6 is 15.9 Å². The highest BCUT2D eigenvalue weighted by Gasteiger charge is 2.26. The normalized spacial score (nSPS) is 12.8. The van der Waals surface area contributed by atoms with Gasteiger partial charge >= 0.3 is 0 Å². The maximum atomic E-state index is 10.5. The van der Waals surface area contributed by atoms with Gasteiger partial charge in [-0.05, 0) is 22.9 Å². The summed E-state index contributed by atoms with van der Waals surface area (Å²) in [7, 11) is 5.12. The highest BCUT2D eigenvalue weighted by Crippen LogP contribution is 2.34. The zero-order chi connectivity index (χ0) is 13.4. The Bertz CT molecular complexity index is 556. The van der Waals surface area contributed by atoms with Crippen LogP contribution in [0.5, 0.6) is 5.88 Å². The Morgan fingerprint density at radius 3 is 2.56 bits per heavy atom. The second-order valence-corrected chi connectivity index (χ2v) is 4.89. The van der Waals surface area contributed by atoms with E-state index in [2.05, 4.69) is 26.1 Å². The third kappa shape index (κ3) is 1.93. The van der Waals surface area contributed by atoms with Crippen molar-refractivity contribution in [2.24, 2.45) is 14.1 Å². The smallest absolute Gasteiger partial charge is 0.217 e. The number of aryl methyl sites for hydroxylation is 3. The first-order valence-electron chi connectivity index (χ1n) is 5.40. The van der Waals surface area contributed by atoms with Crippen molar-refractivity contribution in [2.75, 3.05) is 7.11 Å². The lowest BCUT2D eigenvalue weighted by molar-refractivity contribution is 0.202. The maximum absolute atomic E-state index is 10.5. The summed E-state index contributed by atoms with van der Waals surface area (Å²) >= 11 is 3.38. The maximum Gasteiger partial charge on any atom is 0.217 e. The number of halogens is 1. The van der Waals surface area contributed by atoms with Gasteiger partial charge in [0.1, 0.15) is 6.10 Å². The number of aliphatic hydroxyl groups is 1. The summed E-state index contributed by atoms with van der Waals surface area (Å²) in [5.74, 6) is 0.549. The average molecular weight is 315 g/mol. The van der Waals surface area contributed by atoms with Gasteiger partial charge in [0.15, 0.2) is 0 Å². The number of rotatable bonds is 3. The van der Waals surface area contributed by atoms with Gasteiger partial charge in [-0.1, -0.05) is 0 Å². The van der Waals surface area contributed by atoms with E-state index in [0.29, 0.717) is 17.1 Å². The summed E-state index contributed by atoms with van der Waals surface area (Å²) in [4.78, 5) is 0. The minimum absolute atomic E-state index is 0.549. The molecule has 0 fully saturated rings. The minimum atomic E-state index is -0.837. The van der Waals surface area contributed by atoms with Crippen molar-refractivity contribution in [3.8, 4) is 5.88 Å². The molecule has 0 aromatic carbocycles. The van der Waals surface area contributed by atoms with Crippen molar-refractivity contribution < 1.29 is 9.84 Å². The Labute approximate surface area is 113 Å². The molecule has 6 nitrogen and oxygen atoms in total. The average Bonchev–Trinajstić information content (AvgIpc) is 2.78. The van der Waals surface area contributed by atoms with Crippen LogP contribution in [0.3, 0.4) is 0 Å². The second kappa shape index (κ2) is 4.74. The van der Waals surface area contributed by atoms with Crippen LogP contribution in [0.1, 0.15) is 23.1 Å². The van der Waals surface area contributed by atoms with Crippen molar-refractivity contribution in [1.29, 1.82) is 0 Å². The van der Waals surface area contributed by atoms with Crippen molar-refractivity contribution >= 4 is 15.9 Å². The van der Waals surface area contributed by atoms with Gasteiger partial charge in [-0.3, -0.25) is 4.68 Å². The van der Waals surface area contributed by atoms with Gasteiger partial charge < -0.3 is 9.84 Å². The lowest BCUT2D eigenvalue weighted by Gasteiger charge is -2.13. The molecule has 0 amide bonds. The molecule has 0 radical (unpaired) electrons. The van der Waals surface area contributed by atoms with E-state index >= 15 is 0 Å². The number of methoxy groups -OCH3 is 1. The van der Waals surface area contributed by atoms with E-state index in [4.69, 9.17) is 4.74 Å².